The third-order valence-corrected chi connectivity index (χ3v) is 3.44. The van der Waals surface area contributed by atoms with E-state index in [1.165, 1.54) is 24.1 Å². The molecule has 1 aromatic carbocycles. The van der Waals surface area contributed by atoms with Gasteiger partial charge in [-0.25, -0.2) is 0 Å². The first-order valence-corrected chi connectivity index (χ1v) is 6.87. The Morgan fingerprint density at radius 1 is 1.39 bits per heavy atom. The summed E-state index contributed by atoms with van der Waals surface area (Å²) < 4.78 is 0. The summed E-state index contributed by atoms with van der Waals surface area (Å²) in [5.74, 6) is 0. The quantitative estimate of drug-likeness (QED) is 0.776. The molecule has 2 rings (SSSR count). The van der Waals surface area contributed by atoms with Crippen molar-refractivity contribution in [2.24, 2.45) is 0 Å². The molecule has 100 valence electrons. The van der Waals surface area contributed by atoms with Gasteiger partial charge in [0.25, 0.3) is 0 Å². The van der Waals surface area contributed by atoms with E-state index in [9.17, 15) is 5.11 Å². The maximum absolute atomic E-state index is 9.36. The SMILES string of the molecule is CC(O)CCN(C)c1ccccc1CNC1CC1. The molecule has 1 aromatic rings. The predicted molar refractivity (Wildman–Crippen MR) is 75.9 cm³/mol. The third-order valence-electron chi connectivity index (χ3n) is 3.44. The molecule has 1 fully saturated rings. The second-order valence-corrected chi connectivity index (χ2v) is 5.34. The lowest BCUT2D eigenvalue weighted by molar-refractivity contribution is 0.187. The first-order chi connectivity index (χ1) is 8.66. The highest BCUT2D eigenvalue weighted by atomic mass is 16.3. The van der Waals surface area contributed by atoms with Gasteiger partial charge < -0.3 is 15.3 Å². The lowest BCUT2D eigenvalue weighted by Gasteiger charge is -2.23. The van der Waals surface area contributed by atoms with Gasteiger partial charge in [-0.2, -0.15) is 0 Å². The molecule has 0 aromatic heterocycles. The maximum atomic E-state index is 9.36. The molecule has 0 bridgehead atoms. The van der Waals surface area contributed by atoms with Gasteiger partial charge in [0, 0.05) is 31.9 Å². The van der Waals surface area contributed by atoms with E-state index in [2.05, 4.69) is 41.5 Å². The molecule has 3 heteroatoms. The zero-order valence-electron chi connectivity index (χ0n) is 11.4. The minimum absolute atomic E-state index is 0.232. The first kappa shape index (κ1) is 13.4. The molecule has 1 saturated carbocycles. The van der Waals surface area contributed by atoms with Crippen molar-refractivity contribution in [3.05, 3.63) is 29.8 Å². The Kier molecular flexibility index (Phi) is 4.61. The van der Waals surface area contributed by atoms with Gasteiger partial charge in [0.15, 0.2) is 0 Å². The summed E-state index contributed by atoms with van der Waals surface area (Å²) in [6, 6.07) is 9.25. The van der Waals surface area contributed by atoms with Crippen molar-refractivity contribution in [2.45, 2.75) is 44.9 Å². The number of para-hydroxylation sites is 1. The van der Waals surface area contributed by atoms with Crippen molar-refractivity contribution >= 4 is 5.69 Å². The van der Waals surface area contributed by atoms with Crippen LogP contribution in [0.5, 0.6) is 0 Å². The molecule has 0 radical (unpaired) electrons. The molecule has 1 unspecified atom stereocenters. The van der Waals surface area contributed by atoms with E-state index in [1.807, 2.05) is 6.92 Å². The van der Waals surface area contributed by atoms with Crippen molar-refractivity contribution in [1.82, 2.24) is 5.32 Å². The molecule has 2 N–H and O–H groups in total. The number of anilines is 1. The third kappa shape index (κ3) is 4.00. The van der Waals surface area contributed by atoms with Gasteiger partial charge >= 0.3 is 0 Å². The van der Waals surface area contributed by atoms with Crippen LogP contribution in [-0.2, 0) is 6.54 Å². The van der Waals surface area contributed by atoms with Crippen LogP contribution in [0, 0.1) is 0 Å². The van der Waals surface area contributed by atoms with Gasteiger partial charge in [-0.3, -0.25) is 0 Å². The maximum Gasteiger partial charge on any atom is 0.0528 e. The van der Waals surface area contributed by atoms with Gasteiger partial charge in [0.2, 0.25) is 0 Å². The van der Waals surface area contributed by atoms with E-state index in [-0.39, 0.29) is 6.10 Å². The Balaban J connectivity index is 1.95. The van der Waals surface area contributed by atoms with E-state index < -0.39 is 0 Å². The minimum Gasteiger partial charge on any atom is -0.393 e. The number of aliphatic hydroxyl groups excluding tert-OH is 1. The first-order valence-electron chi connectivity index (χ1n) is 6.87. The van der Waals surface area contributed by atoms with Crippen LogP contribution >= 0.6 is 0 Å². The Morgan fingerprint density at radius 3 is 2.78 bits per heavy atom. The number of nitrogens with zero attached hydrogens (tertiary/aromatic N) is 1. The van der Waals surface area contributed by atoms with E-state index in [1.54, 1.807) is 0 Å². The van der Waals surface area contributed by atoms with Crippen molar-refractivity contribution in [3.63, 3.8) is 0 Å². The van der Waals surface area contributed by atoms with Crippen molar-refractivity contribution in [2.75, 3.05) is 18.5 Å². The van der Waals surface area contributed by atoms with Crippen molar-refractivity contribution < 1.29 is 5.11 Å². The summed E-state index contributed by atoms with van der Waals surface area (Å²) >= 11 is 0. The summed E-state index contributed by atoms with van der Waals surface area (Å²) in [6.07, 6.45) is 3.21. The van der Waals surface area contributed by atoms with Crippen LogP contribution < -0.4 is 10.2 Å². The number of aliphatic hydroxyl groups is 1. The van der Waals surface area contributed by atoms with Gasteiger partial charge in [0.05, 0.1) is 6.10 Å². The van der Waals surface area contributed by atoms with Crippen LogP contribution in [0.3, 0.4) is 0 Å². The summed E-state index contributed by atoms with van der Waals surface area (Å²) in [6.45, 7) is 3.67. The highest BCUT2D eigenvalue weighted by Gasteiger charge is 2.20. The van der Waals surface area contributed by atoms with Crippen LogP contribution in [0.2, 0.25) is 0 Å². The van der Waals surface area contributed by atoms with Gasteiger partial charge in [-0.1, -0.05) is 18.2 Å². The minimum atomic E-state index is -0.232. The fraction of sp³-hybridized carbons (Fsp3) is 0.600. The van der Waals surface area contributed by atoms with Gasteiger partial charge in [-0.05, 0) is 37.8 Å². The summed E-state index contributed by atoms with van der Waals surface area (Å²) in [5.41, 5.74) is 2.61. The zero-order valence-corrected chi connectivity index (χ0v) is 11.4. The zero-order chi connectivity index (χ0) is 13.0. The summed E-state index contributed by atoms with van der Waals surface area (Å²) in [5, 5.41) is 12.9. The highest BCUT2D eigenvalue weighted by Crippen LogP contribution is 2.23. The van der Waals surface area contributed by atoms with E-state index in [4.69, 9.17) is 0 Å². The highest BCUT2D eigenvalue weighted by molar-refractivity contribution is 5.53. The topological polar surface area (TPSA) is 35.5 Å². The second-order valence-electron chi connectivity index (χ2n) is 5.34. The number of nitrogens with one attached hydrogen (secondary N) is 1. The molecule has 1 aliphatic rings. The summed E-state index contributed by atoms with van der Waals surface area (Å²) in [7, 11) is 2.10. The lowest BCUT2D eigenvalue weighted by Crippen LogP contribution is -2.24. The monoisotopic (exact) mass is 248 g/mol. The predicted octanol–water partition coefficient (Wildman–Crippen LogP) is 2.15. The largest absolute Gasteiger partial charge is 0.393 e. The summed E-state index contributed by atoms with van der Waals surface area (Å²) in [4.78, 5) is 2.23. The molecular weight excluding hydrogens is 224 g/mol. The van der Waals surface area contributed by atoms with Crippen LogP contribution in [0.25, 0.3) is 0 Å². The van der Waals surface area contributed by atoms with Crippen LogP contribution in [0.1, 0.15) is 31.7 Å². The average molecular weight is 248 g/mol. The molecule has 0 spiro atoms. The van der Waals surface area contributed by atoms with Crippen molar-refractivity contribution in [1.29, 1.82) is 0 Å². The fourth-order valence-electron chi connectivity index (χ4n) is 2.08. The Bertz CT molecular complexity index is 375. The standard InChI is InChI=1S/C15H24N2O/c1-12(18)9-10-17(2)15-6-4-3-5-13(15)11-16-14-7-8-14/h3-6,12,14,16,18H,7-11H2,1-2H3. The number of benzene rings is 1. The fourth-order valence-corrected chi connectivity index (χ4v) is 2.08. The van der Waals surface area contributed by atoms with Gasteiger partial charge in [-0.15, -0.1) is 0 Å². The number of hydrogen-bond donors (Lipinski definition) is 2. The molecule has 18 heavy (non-hydrogen) atoms. The number of hydrogen-bond acceptors (Lipinski definition) is 3. The van der Waals surface area contributed by atoms with Gasteiger partial charge in [0.1, 0.15) is 0 Å². The van der Waals surface area contributed by atoms with E-state index in [0.717, 1.165) is 25.6 Å². The Labute approximate surface area is 110 Å². The molecule has 1 aliphatic carbocycles. The second kappa shape index (κ2) is 6.21. The molecule has 3 nitrogen and oxygen atoms in total. The molecule has 1 atom stereocenters. The molecular formula is C15H24N2O. The van der Waals surface area contributed by atoms with E-state index >= 15 is 0 Å². The molecule has 0 aliphatic heterocycles. The van der Waals surface area contributed by atoms with Crippen LogP contribution in [-0.4, -0.2) is 30.8 Å². The molecule has 0 heterocycles. The average Bonchev–Trinajstić information content (AvgIpc) is 3.18. The number of rotatable bonds is 7. The molecule has 0 saturated heterocycles. The van der Waals surface area contributed by atoms with E-state index in [0.29, 0.717) is 0 Å². The lowest BCUT2D eigenvalue weighted by atomic mass is 10.1. The Hall–Kier alpha value is -1.06. The Morgan fingerprint density at radius 2 is 2.11 bits per heavy atom. The smallest absolute Gasteiger partial charge is 0.0528 e. The molecule has 0 amide bonds. The normalized spacial score (nSPS) is 16.6. The van der Waals surface area contributed by atoms with Crippen molar-refractivity contribution in [3.8, 4) is 0 Å². The van der Waals surface area contributed by atoms with Crippen LogP contribution in [0.4, 0.5) is 5.69 Å². The van der Waals surface area contributed by atoms with Crippen LogP contribution in [0.15, 0.2) is 24.3 Å².